The molecule has 5 nitrogen and oxygen atoms in total. The third-order valence-corrected chi connectivity index (χ3v) is 5.84. The van der Waals surface area contributed by atoms with Crippen molar-refractivity contribution in [3.8, 4) is 5.75 Å². The highest BCUT2D eigenvalue weighted by atomic mass is 127. The molecule has 0 unspecified atom stereocenters. The van der Waals surface area contributed by atoms with Crippen molar-refractivity contribution in [2.45, 2.75) is 4.90 Å². The molecule has 2 rings (SSSR count). The first-order valence-corrected chi connectivity index (χ1v) is 9.12. The lowest BCUT2D eigenvalue weighted by molar-refractivity contribution is 0.0734. The summed E-state index contributed by atoms with van der Waals surface area (Å²) in [6.07, 6.45) is 0. The molecule has 0 radical (unpaired) electrons. The van der Waals surface area contributed by atoms with Gasteiger partial charge in [0.25, 0.3) is 10.1 Å². The van der Waals surface area contributed by atoms with E-state index >= 15 is 0 Å². The van der Waals surface area contributed by atoms with Crippen molar-refractivity contribution in [2.75, 3.05) is 0 Å². The number of rotatable bonds is 3. The molecule has 21 heavy (non-hydrogen) atoms. The maximum absolute atomic E-state index is 11.9. The van der Waals surface area contributed by atoms with Crippen LogP contribution in [0.5, 0.6) is 5.75 Å². The van der Waals surface area contributed by atoms with Crippen molar-refractivity contribution in [3.63, 3.8) is 0 Å². The van der Waals surface area contributed by atoms with E-state index in [0.29, 0.717) is 5.56 Å². The SMILES string of the molecule is O=C(Oc1cc(I)c(S(=O)(=O)O)c(I)c1)c1ccccc1. The number of hydrogen-bond acceptors (Lipinski definition) is 4. The molecule has 0 fully saturated rings. The topological polar surface area (TPSA) is 80.7 Å². The zero-order chi connectivity index (χ0) is 15.6. The van der Waals surface area contributed by atoms with E-state index in [9.17, 15) is 13.2 Å². The minimum atomic E-state index is -4.32. The van der Waals surface area contributed by atoms with Crippen LogP contribution >= 0.6 is 45.2 Å². The largest absolute Gasteiger partial charge is 0.423 e. The summed E-state index contributed by atoms with van der Waals surface area (Å²) >= 11 is 3.53. The summed E-state index contributed by atoms with van der Waals surface area (Å²) in [5.74, 6) is -0.327. The van der Waals surface area contributed by atoms with Crippen molar-refractivity contribution in [3.05, 3.63) is 55.2 Å². The lowest BCUT2D eigenvalue weighted by Gasteiger charge is -2.09. The first-order valence-electron chi connectivity index (χ1n) is 5.53. The van der Waals surface area contributed by atoms with E-state index in [1.54, 1.807) is 75.5 Å². The van der Waals surface area contributed by atoms with E-state index in [1.807, 2.05) is 0 Å². The van der Waals surface area contributed by atoms with Gasteiger partial charge in [-0.3, -0.25) is 4.55 Å². The van der Waals surface area contributed by atoms with Gasteiger partial charge in [-0.05, 0) is 69.4 Å². The average Bonchev–Trinajstić information content (AvgIpc) is 2.37. The highest BCUT2D eigenvalue weighted by Crippen LogP contribution is 2.29. The van der Waals surface area contributed by atoms with Gasteiger partial charge in [0.05, 0.1) is 5.56 Å². The first-order chi connectivity index (χ1) is 9.79. The summed E-state index contributed by atoms with van der Waals surface area (Å²) in [7, 11) is -4.32. The zero-order valence-corrected chi connectivity index (χ0v) is 15.4. The predicted molar refractivity (Wildman–Crippen MR) is 93.1 cm³/mol. The molecule has 0 saturated carbocycles. The summed E-state index contributed by atoms with van der Waals surface area (Å²) in [4.78, 5) is 11.7. The van der Waals surface area contributed by atoms with Gasteiger partial charge in [0.2, 0.25) is 0 Å². The molecule has 0 saturated heterocycles. The number of carbonyl (C=O) groups is 1. The Hall–Kier alpha value is -0.720. The molecule has 8 heteroatoms. The molecule has 0 heterocycles. The Labute approximate surface area is 148 Å². The number of halogens is 2. The second-order valence-electron chi connectivity index (χ2n) is 3.95. The molecule has 0 amide bonds. The van der Waals surface area contributed by atoms with Gasteiger partial charge >= 0.3 is 5.97 Å². The molecule has 2 aromatic rings. The second kappa shape index (κ2) is 6.58. The molecular formula is C13H8I2O5S. The van der Waals surface area contributed by atoms with E-state index in [4.69, 9.17) is 9.29 Å². The molecular weight excluding hydrogens is 522 g/mol. The fourth-order valence-corrected chi connectivity index (χ4v) is 5.57. The Balaban J connectivity index is 2.33. The summed E-state index contributed by atoms with van der Waals surface area (Å²) in [5.41, 5.74) is 0.390. The quantitative estimate of drug-likeness (QED) is 0.285. The molecule has 110 valence electrons. The van der Waals surface area contributed by atoms with Crippen molar-refractivity contribution in [2.24, 2.45) is 0 Å². The molecule has 0 aliphatic rings. The summed E-state index contributed by atoms with van der Waals surface area (Å²) in [6, 6.07) is 11.2. The highest BCUT2D eigenvalue weighted by Gasteiger charge is 2.20. The Kier molecular flexibility index (Phi) is 5.22. The van der Waals surface area contributed by atoms with Gasteiger partial charge in [-0.15, -0.1) is 0 Å². The van der Waals surface area contributed by atoms with Gasteiger partial charge in [0.15, 0.2) is 0 Å². The van der Waals surface area contributed by atoms with Crippen LogP contribution in [0.1, 0.15) is 10.4 Å². The van der Waals surface area contributed by atoms with Crippen LogP contribution < -0.4 is 4.74 Å². The first kappa shape index (κ1) is 16.6. The van der Waals surface area contributed by atoms with E-state index in [2.05, 4.69) is 0 Å². The molecule has 2 aromatic carbocycles. The van der Waals surface area contributed by atoms with Gasteiger partial charge in [-0.1, -0.05) is 18.2 Å². The predicted octanol–water partition coefficient (Wildman–Crippen LogP) is 3.36. The summed E-state index contributed by atoms with van der Waals surface area (Å²) < 4.78 is 37.4. The summed E-state index contributed by atoms with van der Waals surface area (Å²) in [5, 5.41) is 0. The maximum Gasteiger partial charge on any atom is 0.343 e. The Morgan fingerprint density at radius 1 is 1.05 bits per heavy atom. The monoisotopic (exact) mass is 530 g/mol. The van der Waals surface area contributed by atoms with Crippen LogP contribution in [0, 0.1) is 7.14 Å². The van der Waals surface area contributed by atoms with Crippen LogP contribution in [0.15, 0.2) is 47.4 Å². The zero-order valence-electron chi connectivity index (χ0n) is 10.3. The number of benzene rings is 2. The van der Waals surface area contributed by atoms with E-state index in [-0.39, 0.29) is 17.8 Å². The third-order valence-electron chi connectivity index (χ3n) is 2.45. The molecule has 0 atom stereocenters. The molecule has 0 aliphatic carbocycles. The molecule has 0 aromatic heterocycles. The van der Waals surface area contributed by atoms with Crippen molar-refractivity contribution in [1.29, 1.82) is 0 Å². The van der Waals surface area contributed by atoms with Gasteiger partial charge in [0.1, 0.15) is 10.6 Å². The molecule has 0 aliphatic heterocycles. The lowest BCUT2D eigenvalue weighted by Crippen LogP contribution is -2.10. The van der Waals surface area contributed by atoms with Crippen LogP contribution in [0.4, 0.5) is 0 Å². The van der Waals surface area contributed by atoms with Crippen LogP contribution in [0.25, 0.3) is 0 Å². The third kappa shape index (κ3) is 4.14. The number of carbonyl (C=O) groups excluding carboxylic acids is 1. The van der Waals surface area contributed by atoms with Crippen molar-refractivity contribution >= 4 is 61.3 Å². The lowest BCUT2D eigenvalue weighted by atomic mass is 10.2. The van der Waals surface area contributed by atoms with E-state index in [1.165, 1.54) is 12.1 Å². The second-order valence-corrected chi connectivity index (χ2v) is 7.63. The fourth-order valence-electron chi connectivity index (χ4n) is 1.58. The minimum Gasteiger partial charge on any atom is -0.423 e. The highest BCUT2D eigenvalue weighted by molar-refractivity contribution is 14.1. The smallest absolute Gasteiger partial charge is 0.343 e. The number of hydrogen-bond donors (Lipinski definition) is 1. The fraction of sp³-hybridized carbons (Fsp3) is 0. The van der Waals surface area contributed by atoms with Crippen LogP contribution in [0.2, 0.25) is 0 Å². The molecule has 1 N–H and O–H groups in total. The van der Waals surface area contributed by atoms with Crippen molar-refractivity contribution in [1.82, 2.24) is 0 Å². The minimum absolute atomic E-state index is 0.191. The summed E-state index contributed by atoms with van der Waals surface area (Å²) in [6.45, 7) is 0. The van der Waals surface area contributed by atoms with Crippen LogP contribution in [0.3, 0.4) is 0 Å². The van der Waals surface area contributed by atoms with E-state index < -0.39 is 16.1 Å². The normalized spacial score (nSPS) is 11.2. The van der Waals surface area contributed by atoms with Gasteiger partial charge < -0.3 is 4.74 Å². The Morgan fingerprint density at radius 3 is 2.05 bits per heavy atom. The number of esters is 1. The standard InChI is InChI=1S/C13H8I2O5S/c14-10-6-9(7-11(15)12(10)21(17,18)19)20-13(16)8-4-2-1-3-5-8/h1-7H,(H,17,18,19). The molecule has 0 bridgehead atoms. The maximum atomic E-state index is 11.9. The average molecular weight is 530 g/mol. The van der Waals surface area contributed by atoms with Crippen molar-refractivity contribution < 1.29 is 22.5 Å². The number of ether oxygens (including phenoxy) is 1. The van der Waals surface area contributed by atoms with Gasteiger partial charge in [-0.25, -0.2) is 4.79 Å². The van der Waals surface area contributed by atoms with Crippen LogP contribution in [-0.4, -0.2) is 18.9 Å². The molecule has 0 spiro atoms. The van der Waals surface area contributed by atoms with Crippen LogP contribution in [-0.2, 0) is 10.1 Å². The Bertz CT molecular complexity index is 764. The van der Waals surface area contributed by atoms with E-state index in [0.717, 1.165) is 0 Å². The van der Waals surface area contributed by atoms with Gasteiger partial charge in [-0.2, -0.15) is 8.42 Å². The Morgan fingerprint density at radius 2 is 1.57 bits per heavy atom. The van der Waals surface area contributed by atoms with Gasteiger partial charge in [0, 0.05) is 7.14 Å².